The summed E-state index contributed by atoms with van der Waals surface area (Å²) in [5.74, 6) is 0. The van der Waals surface area contributed by atoms with Crippen LogP contribution in [0.3, 0.4) is 0 Å². The van der Waals surface area contributed by atoms with Crippen LogP contribution in [0.15, 0.2) is 168 Å². The number of fused-ring (bicyclic) bond motifs is 12. The smallest absolute Gasteiger partial charge is 0.102 e. The minimum atomic E-state index is 0.866. The first-order chi connectivity index (χ1) is 21.9. The molecule has 9 aromatic carbocycles. The van der Waals surface area contributed by atoms with Gasteiger partial charge in [-0.3, -0.25) is 0 Å². The van der Waals surface area contributed by atoms with Crippen LogP contribution in [-0.4, -0.2) is 0 Å². The van der Waals surface area contributed by atoms with E-state index in [9.17, 15) is 0 Å². The molecule has 0 fully saturated rings. The van der Waals surface area contributed by atoms with Crippen molar-refractivity contribution < 1.29 is 0 Å². The summed E-state index contributed by atoms with van der Waals surface area (Å²) in [6.07, 6.45) is 0. The maximum atomic E-state index is 5.20. The Balaban J connectivity index is 1.40. The molecule has 0 aliphatic rings. The SMILES string of the molecule is c1ccc(-c2ccc3c4ccccc4c4ccccc4c3c2N=Nc2cccc3c4ccccc4c4ccccc4c23)cc1. The lowest BCUT2D eigenvalue weighted by atomic mass is 9.90. The molecule has 0 saturated carbocycles. The molecule has 0 atom stereocenters. The molecule has 0 heterocycles. The van der Waals surface area contributed by atoms with E-state index in [1.165, 1.54) is 53.9 Å². The van der Waals surface area contributed by atoms with E-state index in [1.54, 1.807) is 0 Å². The molecule has 2 nitrogen and oxygen atoms in total. The van der Waals surface area contributed by atoms with Gasteiger partial charge in [0.1, 0.15) is 5.69 Å². The van der Waals surface area contributed by atoms with Crippen molar-refractivity contribution in [3.05, 3.63) is 158 Å². The van der Waals surface area contributed by atoms with Crippen LogP contribution in [0.2, 0.25) is 0 Å². The van der Waals surface area contributed by atoms with Gasteiger partial charge in [-0.2, -0.15) is 0 Å². The van der Waals surface area contributed by atoms with Gasteiger partial charge in [0.25, 0.3) is 0 Å². The highest BCUT2D eigenvalue weighted by molar-refractivity contribution is 6.30. The van der Waals surface area contributed by atoms with Gasteiger partial charge in [-0.05, 0) is 65.5 Å². The summed E-state index contributed by atoms with van der Waals surface area (Å²) in [5, 5.41) is 24.7. The van der Waals surface area contributed by atoms with Crippen molar-refractivity contribution in [3.63, 3.8) is 0 Å². The van der Waals surface area contributed by atoms with Gasteiger partial charge in [0.2, 0.25) is 0 Å². The predicted molar refractivity (Wildman–Crippen MR) is 188 cm³/mol. The molecule has 0 aliphatic heterocycles. The van der Waals surface area contributed by atoms with Crippen molar-refractivity contribution in [1.29, 1.82) is 0 Å². The monoisotopic (exact) mass is 558 g/mol. The molecule has 0 aromatic heterocycles. The van der Waals surface area contributed by atoms with Crippen molar-refractivity contribution in [2.24, 2.45) is 10.2 Å². The van der Waals surface area contributed by atoms with E-state index in [2.05, 4.69) is 158 Å². The number of nitrogens with zero attached hydrogens (tertiary/aromatic N) is 2. The molecule has 0 aliphatic carbocycles. The zero-order valence-corrected chi connectivity index (χ0v) is 23.9. The lowest BCUT2D eigenvalue weighted by molar-refractivity contribution is 1.26. The van der Waals surface area contributed by atoms with E-state index < -0.39 is 0 Å². The van der Waals surface area contributed by atoms with Gasteiger partial charge in [-0.25, -0.2) is 0 Å². The number of rotatable bonds is 3. The molecule has 2 heteroatoms. The Labute approximate surface area is 254 Å². The second-order valence-electron chi connectivity index (χ2n) is 11.3. The molecule has 0 saturated heterocycles. The third-order valence-corrected chi connectivity index (χ3v) is 8.97. The molecular formula is C42H26N2. The fourth-order valence-corrected chi connectivity index (χ4v) is 7.06. The molecule has 9 rings (SSSR count). The molecule has 0 bridgehead atoms. The maximum absolute atomic E-state index is 5.20. The van der Waals surface area contributed by atoms with Crippen LogP contribution in [0.4, 0.5) is 11.4 Å². The topological polar surface area (TPSA) is 24.7 Å². The largest absolute Gasteiger partial charge is 0.150 e. The minimum Gasteiger partial charge on any atom is -0.150 e. The first kappa shape index (κ1) is 24.7. The molecule has 0 radical (unpaired) electrons. The van der Waals surface area contributed by atoms with Crippen LogP contribution in [-0.2, 0) is 0 Å². The molecule has 0 spiro atoms. The van der Waals surface area contributed by atoms with E-state index in [0.717, 1.165) is 33.3 Å². The van der Waals surface area contributed by atoms with Gasteiger partial charge in [0.05, 0.1) is 5.69 Å². The normalized spacial score (nSPS) is 12.0. The van der Waals surface area contributed by atoms with Crippen LogP contribution < -0.4 is 0 Å². The van der Waals surface area contributed by atoms with E-state index >= 15 is 0 Å². The highest BCUT2D eigenvalue weighted by Crippen LogP contribution is 2.46. The Morgan fingerprint density at radius 2 is 0.682 bits per heavy atom. The third kappa shape index (κ3) is 3.68. The zero-order valence-electron chi connectivity index (χ0n) is 23.9. The Morgan fingerprint density at radius 1 is 0.273 bits per heavy atom. The Hall–Kier alpha value is -5.86. The average Bonchev–Trinajstić information content (AvgIpc) is 3.11. The minimum absolute atomic E-state index is 0.866. The molecule has 0 amide bonds. The standard InChI is InChI=1S/C42H26N2/c1-2-13-27(14-3-1)28-25-26-38-34-20-7-5-16-30(34)33-19-9-11-22-37(33)41(38)42(28)44-43-39-24-12-23-36-32-17-6-4-15-29(32)31-18-8-10-21-35(31)40(36)39/h1-26H. The van der Waals surface area contributed by atoms with E-state index in [-0.39, 0.29) is 0 Å². The lowest BCUT2D eigenvalue weighted by Crippen LogP contribution is -1.87. The van der Waals surface area contributed by atoms with Crippen molar-refractivity contribution in [3.8, 4) is 11.1 Å². The van der Waals surface area contributed by atoms with Gasteiger partial charge in [0, 0.05) is 16.3 Å². The van der Waals surface area contributed by atoms with Crippen LogP contribution in [0.25, 0.3) is 75.8 Å². The number of hydrogen-bond acceptors (Lipinski definition) is 2. The van der Waals surface area contributed by atoms with Crippen LogP contribution in [0.1, 0.15) is 0 Å². The molecule has 204 valence electrons. The second kappa shape index (κ2) is 9.86. The number of hydrogen-bond donors (Lipinski definition) is 0. The molecule has 0 N–H and O–H groups in total. The summed E-state index contributed by atoms with van der Waals surface area (Å²) in [7, 11) is 0. The molecule has 9 aromatic rings. The third-order valence-electron chi connectivity index (χ3n) is 8.97. The van der Waals surface area contributed by atoms with Crippen LogP contribution in [0, 0.1) is 0 Å². The Morgan fingerprint density at radius 3 is 1.23 bits per heavy atom. The quantitative estimate of drug-likeness (QED) is 0.152. The van der Waals surface area contributed by atoms with Gasteiger partial charge in [0.15, 0.2) is 0 Å². The van der Waals surface area contributed by atoms with Gasteiger partial charge in [-0.15, -0.1) is 10.2 Å². The highest BCUT2D eigenvalue weighted by Gasteiger charge is 2.17. The summed E-state index contributed by atoms with van der Waals surface area (Å²) < 4.78 is 0. The van der Waals surface area contributed by atoms with Gasteiger partial charge >= 0.3 is 0 Å². The summed E-state index contributed by atoms with van der Waals surface area (Å²) >= 11 is 0. The van der Waals surface area contributed by atoms with E-state index in [0.29, 0.717) is 0 Å². The maximum Gasteiger partial charge on any atom is 0.102 e. The highest BCUT2D eigenvalue weighted by atomic mass is 15.1. The summed E-state index contributed by atoms with van der Waals surface area (Å²) in [5.41, 5.74) is 3.94. The van der Waals surface area contributed by atoms with Crippen molar-refractivity contribution in [2.75, 3.05) is 0 Å². The zero-order chi connectivity index (χ0) is 29.0. The van der Waals surface area contributed by atoms with Crippen LogP contribution in [0.5, 0.6) is 0 Å². The Bertz CT molecular complexity index is 2520. The molecular weight excluding hydrogens is 532 g/mol. The molecule has 44 heavy (non-hydrogen) atoms. The van der Waals surface area contributed by atoms with Crippen molar-refractivity contribution in [2.45, 2.75) is 0 Å². The van der Waals surface area contributed by atoms with Crippen molar-refractivity contribution >= 4 is 76.0 Å². The van der Waals surface area contributed by atoms with Crippen LogP contribution >= 0.6 is 0 Å². The van der Waals surface area contributed by atoms with Crippen molar-refractivity contribution in [1.82, 2.24) is 0 Å². The first-order valence-electron chi connectivity index (χ1n) is 15.0. The fourth-order valence-electron chi connectivity index (χ4n) is 7.06. The van der Waals surface area contributed by atoms with E-state index in [1.807, 2.05) is 0 Å². The number of benzene rings is 9. The predicted octanol–water partition coefficient (Wildman–Crippen LogP) is 12.7. The van der Waals surface area contributed by atoms with Gasteiger partial charge < -0.3 is 0 Å². The fraction of sp³-hybridized carbons (Fsp3) is 0. The molecule has 0 unspecified atom stereocenters. The summed E-state index contributed by atoms with van der Waals surface area (Å²) in [4.78, 5) is 0. The van der Waals surface area contributed by atoms with Gasteiger partial charge in [-0.1, -0.05) is 152 Å². The average molecular weight is 559 g/mol. The Kier molecular flexibility index (Phi) is 5.54. The van der Waals surface area contributed by atoms with E-state index in [4.69, 9.17) is 10.2 Å². The first-order valence-corrected chi connectivity index (χ1v) is 15.0. The summed E-state index contributed by atoms with van der Waals surface area (Å²) in [6, 6.07) is 56.0. The number of azo groups is 1. The summed E-state index contributed by atoms with van der Waals surface area (Å²) in [6.45, 7) is 0. The second-order valence-corrected chi connectivity index (χ2v) is 11.3. The lowest BCUT2D eigenvalue weighted by Gasteiger charge is -2.15.